The number of anilines is 1. The summed E-state index contributed by atoms with van der Waals surface area (Å²) in [4.78, 5) is 12.6. The summed E-state index contributed by atoms with van der Waals surface area (Å²) in [6, 6.07) is 7.59. The molecule has 1 aromatic carbocycles. The van der Waals surface area contributed by atoms with Crippen molar-refractivity contribution in [2.75, 3.05) is 24.8 Å². The topological polar surface area (TPSA) is 81.4 Å². The lowest BCUT2D eigenvalue weighted by atomic mass is 9.84. The molecule has 3 N–H and O–H groups in total. The van der Waals surface area contributed by atoms with Crippen molar-refractivity contribution in [1.82, 2.24) is 0 Å². The number of carbonyl (C=O) groups excluding carboxylic acids is 1. The van der Waals surface area contributed by atoms with Crippen molar-refractivity contribution in [1.29, 1.82) is 0 Å². The van der Waals surface area contributed by atoms with Crippen LogP contribution in [0.5, 0.6) is 0 Å². The van der Waals surface area contributed by atoms with E-state index < -0.39 is 10.8 Å². The molecule has 5 atom stereocenters. The number of hydrogen-bond donors (Lipinski definition) is 2. The van der Waals surface area contributed by atoms with Crippen LogP contribution in [0, 0.1) is 17.8 Å². The van der Waals surface area contributed by atoms with Crippen LogP contribution >= 0.6 is 12.4 Å². The Morgan fingerprint density at radius 3 is 2.80 bits per heavy atom. The van der Waals surface area contributed by atoms with Gasteiger partial charge in [0.15, 0.2) is 0 Å². The largest absolute Gasteiger partial charge is 0.384 e. The molecule has 0 saturated heterocycles. The smallest absolute Gasteiger partial charge is 0.229 e. The van der Waals surface area contributed by atoms with Crippen LogP contribution < -0.4 is 11.1 Å². The van der Waals surface area contributed by atoms with Gasteiger partial charge in [-0.2, -0.15) is 0 Å². The van der Waals surface area contributed by atoms with Gasteiger partial charge < -0.3 is 15.8 Å². The molecule has 7 heteroatoms. The van der Waals surface area contributed by atoms with Crippen LogP contribution in [0.3, 0.4) is 0 Å². The van der Waals surface area contributed by atoms with E-state index in [1.165, 1.54) is 6.42 Å². The summed E-state index contributed by atoms with van der Waals surface area (Å²) >= 11 is 0. The van der Waals surface area contributed by atoms with E-state index in [0.29, 0.717) is 29.9 Å². The molecule has 140 valence electrons. The number of carbonyl (C=O) groups is 1. The number of hydrogen-bond acceptors (Lipinski definition) is 4. The van der Waals surface area contributed by atoms with Crippen LogP contribution in [0.1, 0.15) is 24.8 Å². The van der Waals surface area contributed by atoms with Crippen LogP contribution in [-0.4, -0.2) is 35.6 Å². The molecule has 2 saturated carbocycles. The fourth-order valence-corrected chi connectivity index (χ4v) is 5.17. The van der Waals surface area contributed by atoms with Gasteiger partial charge in [0.25, 0.3) is 0 Å². The lowest BCUT2D eigenvalue weighted by Gasteiger charge is -2.27. The molecular formula is C18H27ClN2O3S. The van der Waals surface area contributed by atoms with Gasteiger partial charge in [0.1, 0.15) is 0 Å². The van der Waals surface area contributed by atoms with Crippen LogP contribution in [0.4, 0.5) is 5.69 Å². The lowest BCUT2D eigenvalue weighted by Crippen LogP contribution is -2.42. The van der Waals surface area contributed by atoms with E-state index in [9.17, 15) is 9.00 Å². The van der Waals surface area contributed by atoms with Gasteiger partial charge in [-0.1, -0.05) is 12.1 Å². The number of amides is 1. The molecule has 2 bridgehead atoms. The minimum absolute atomic E-state index is 0. The van der Waals surface area contributed by atoms with E-state index in [-0.39, 0.29) is 30.3 Å². The van der Waals surface area contributed by atoms with Crippen molar-refractivity contribution in [2.24, 2.45) is 23.5 Å². The number of benzene rings is 1. The van der Waals surface area contributed by atoms with Crippen LogP contribution in [0.2, 0.25) is 0 Å². The number of methoxy groups -OCH3 is 1. The Kier molecular flexibility index (Phi) is 7.43. The van der Waals surface area contributed by atoms with Crippen LogP contribution in [0.15, 0.2) is 24.3 Å². The molecule has 0 spiro atoms. The van der Waals surface area contributed by atoms with Crippen molar-refractivity contribution < 1.29 is 13.7 Å². The molecule has 2 aliphatic rings. The summed E-state index contributed by atoms with van der Waals surface area (Å²) in [6.45, 7) is 0.491. The summed E-state index contributed by atoms with van der Waals surface area (Å²) in [5.74, 6) is 1.92. The Bertz CT molecular complexity index is 626. The predicted octanol–water partition coefficient (Wildman–Crippen LogP) is 2.32. The molecule has 0 aromatic heterocycles. The number of nitrogens with one attached hydrogen (secondary N) is 1. The number of nitrogens with two attached hydrogens (primary N) is 1. The Morgan fingerprint density at radius 2 is 2.12 bits per heavy atom. The zero-order chi connectivity index (χ0) is 17.1. The Morgan fingerprint density at radius 1 is 1.36 bits per heavy atom. The summed E-state index contributed by atoms with van der Waals surface area (Å²) in [7, 11) is 0.646. The second kappa shape index (κ2) is 9.12. The van der Waals surface area contributed by atoms with E-state index in [1.807, 2.05) is 24.3 Å². The van der Waals surface area contributed by atoms with Gasteiger partial charge in [-0.05, 0) is 48.8 Å². The first-order valence-corrected chi connectivity index (χ1v) is 10.1. The quantitative estimate of drug-likeness (QED) is 0.753. The highest BCUT2D eigenvalue weighted by atomic mass is 35.5. The third kappa shape index (κ3) is 4.82. The summed E-state index contributed by atoms with van der Waals surface area (Å²) < 4.78 is 16.9. The zero-order valence-corrected chi connectivity index (χ0v) is 16.1. The van der Waals surface area contributed by atoms with Gasteiger partial charge in [0.05, 0.1) is 12.5 Å². The first-order chi connectivity index (χ1) is 11.6. The molecule has 1 aromatic rings. The highest BCUT2D eigenvalue weighted by Crippen LogP contribution is 2.47. The molecule has 2 aliphatic carbocycles. The average Bonchev–Trinajstić information content (AvgIpc) is 3.14. The Labute approximate surface area is 157 Å². The highest BCUT2D eigenvalue weighted by Gasteiger charge is 2.49. The molecule has 3 rings (SSSR count). The standard InChI is InChI=1S/C18H26N2O3S.ClH/c1-23-7-8-24(22)11-12-3-2-4-15(9-12)20-18(21)16-13-5-6-14(10-13)17(16)19;/h2-4,9,13-14,16-17H,5-8,10-11,19H2,1H3,(H,20,21);1H. The second-order valence-corrected chi connectivity index (χ2v) is 8.48. The number of halogens is 1. The lowest BCUT2D eigenvalue weighted by molar-refractivity contribution is -0.121. The highest BCUT2D eigenvalue weighted by molar-refractivity contribution is 7.84. The monoisotopic (exact) mass is 386 g/mol. The second-order valence-electron chi connectivity index (χ2n) is 6.91. The maximum Gasteiger partial charge on any atom is 0.229 e. The fourth-order valence-electron chi connectivity index (χ4n) is 4.12. The summed E-state index contributed by atoms with van der Waals surface area (Å²) in [5, 5.41) is 3.01. The molecular weight excluding hydrogens is 360 g/mol. The van der Waals surface area contributed by atoms with E-state index >= 15 is 0 Å². The van der Waals surface area contributed by atoms with Gasteiger partial charge in [-0.15, -0.1) is 12.4 Å². The molecule has 5 unspecified atom stereocenters. The van der Waals surface area contributed by atoms with Crippen LogP contribution in [-0.2, 0) is 26.1 Å². The maximum atomic E-state index is 12.6. The molecule has 25 heavy (non-hydrogen) atoms. The van der Waals surface area contributed by atoms with E-state index in [2.05, 4.69) is 5.32 Å². The Hall–Kier alpha value is -0.950. The first-order valence-electron chi connectivity index (χ1n) is 8.57. The molecule has 0 heterocycles. The SMILES string of the molecule is COCCS(=O)Cc1cccc(NC(=O)C2C3CCC(C3)C2N)c1.Cl. The third-order valence-corrected chi connectivity index (χ3v) is 6.60. The number of ether oxygens (including phenoxy) is 1. The number of fused-ring (bicyclic) bond motifs is 2. The molecule has 0 radical (unpaired) electrons. The molecule has 0 aliphatic heterocycles. The fraction of sp³-hybridized carbons (Fsp3) is 0.611. The van der Waals surface area contributed by atoms with Crippen LogP contribution in [0.25, 0.3) is 0 Å². The van der Waals surface area contributed by atoms with Crippen molar-refractivity contribution >= 4 is 34.8 Å². The number of rotatable bonds is 7. The van der Waals surface area contributed by atoms with E-state index in [1.54, 1.807) is 7.11 Å². The van der Waals surface area contributed by atoms with Gasteiger partial charge in [-0.25, -0.2) is 0 Å². The molecule has 2 fully saturated rings. The van der Waals surface area contributed by atoms with Gasteiger partial charge in [0, 0.05) is 41.1 Å². The van der Waals surface area contributed by atoms with Gasteiger partial charge >= 0.3 is 0 Å². The van der Waals surface area contributed by atoms with Crippen molar-refractivity contribution in [3.63, 3.8) is 0 Å². The Balaban J connectivity index is 0.00000225. The van der Waals surface area contributed by atoms with E-state index in [0.717, 1.165) is 24.1 Å². The average molecular weight is 387 g/mol. The summed E-state index contributed by atoms with van der Waals surface area (Å²) in [5.41, 5.74) is 7.97. The first kappa shape index (κ1) is 20.4. The maximum absolute atomic E-state index is 12.6. The van der Waals surface area contributed by atoms with Crippen molar-refractivity contribution in [2.45, 2.75) is 31.1 Å². The minimum Gasteiger partial charge on any atom is -0.384 e. The van der Waals surface area contributed by atoms with Gasteiger partial charge in [0.2, 0.25) is 5.91 Å². The summed E-state index contributed by atoms with van der Waals surface area (Å²) in [6.07, 6.45) is 3.38. The molecule has 5 nitrogen and oxygen atoms in total. The zero-order valence-electron chi connectivity index (χ0n) is 14.5. The minimum atomic E-state index is -0.959. The normalized spacial score (nSPS) is 28.4. The van der Waals surface area contributed by atoms with Gasteiger partial charge in [-0.3, -0.25) is 9.00 Å². The predicted molar refractivity (Wildman–Crippen MR) is 103 cm³/mol. The van der Waals surface area contributed by atoms with E-state index in [4.69, 9.17) is 10.5 Å². The molecule has 1 amide bonds. The third-order valence-electron chi connectivity index (χ3n) is 5.32. The van der Waals surface area contributed by atoms with Crippen molar-refractivity contribution in [3.05, 3.63) is 29.8 Å². The van der Waals surface area contributed by atoms with Crippen molar-refractivity contribution in [3.8, 4) is 0 Å².